The molecule has 1 aromatic heterocycles. The highest BCUT2D eigenvalue weighted by atomic mass is 32.2. The predicted molar refractivity (Wildman–Crippen MR) is 65.5 cm³/mol. The molecule has 0 spiro atoms. The Bertz CT molecular complexity index is 402. The van der Waals surface area contributed by atoms with Gasteiger partial charge in [0.2, 0.25) is 5.76 Å². The van der Waals surface area contributed by atoms with E-state index in [1.807, 2.05) is 6.92 Å². The molecule has 17 heavy (non-hydrogen) atoms. The van der Waals surface area contributed by atoms with Gasteiger partial charge in [0.15, 0.2) is 0 Å². The van der Waals surface area contributed by atoms with Crippen molar-refractivity contribution in [1.29, 1.82) is 0 Å². The molecule has 1 rings (SSSR count). The zero-order chi connectivity index (χ0) is 12.8. The molecular formula is C11H17NO4S. The van der Waals surface area contributed by atoms with Gasteiger partial charge in [-0.3, -0.25) is 4.21 Å². The van der Waals surface area contributed by atoms with Crippen LogP contribution in [-0.4, -0.2) is 33.3 Å². The van der Waals surface area contributed by atoms with Crippen molar-refractivity contribution >= 4 is 16.8 Å². The largest absolute Gasteiger partial charge is 0.475 e. The third kappa shape index (κ3) is 4.32. The van der Waals surface area contributed by atoms with Crippen LogP contribution in [0.15, 0.2) is 16.7 Å². The summed E-state index contributed by atoms with van der Waals surface area (Å²) in [5.41, 5.74) is 0.628. The summed E-state index contributed by atoms with van der Waals surface area (Å²) in [5, 5.41) is 12.1. The van der Waals surface area contributed by atoms with E-state index in [1.54, 1.807) is 12.3 Å². The summed E-state index contributed by atoms with van der Waals surface area (Å²) < 4.78 is 16.0. The molecule has 96 valence electrons. The first-order chi connectivity index (χ1) is 8.02. The summed E-state index contributed by atoms with van der Waals surface area (Å²) in [4.78, 5) is 10.8. The second-order valence-electron chi connectivity index (χ2n) is 3.85. The molecule has 6 heteroatoms. The molecule has 0 saturated carbocycles. The summed E-state index contributed by atoms with van der Waals surface area (Å²) in [6.45, 7) is 3.07. The third-order valence-corrected chi connectivity index (χ3v) is 3.92. The molecule has 0 bridgehead atoms. The number of furan rings is 1. The Labute approximate surface area is 103 Å². The quantitative estimate of drug-likeness (QED) is 0.720. The monoisotopic (exact) mass is 259 g/mol. The van der Waals surface area contributed by atoms with E-state index in [9.17, 15) is 9.00 Å². The van der Waals surface area contributed by atoms with Gasteiger partial charge in [-0.15, -0.1) is 0 Å². The van der Waals surface area contributed by atoms with Gasteiger partial charge in [0.1, 0.15) is 0 Å². The number of carboxylic acids is 1. The van der Waals surface area contributed by atoms with Crippen molar-refractivity contribution in [2.75, 3.05) is 12.8 Å². The molecule has 5 nitrogen and oxygen atoms in total. The van der Waals surface area contributed by atoms with Crippen LogP contribution in [0.5, 0.6) is 0 Å². The number of carboxylic acid groups (broad SMARTS) is 1. The van der Waals surface area contributed by atoms with Crippen LogP contribution in [0.4, 0.5) is 0 Å². The first-order valence-electron chi connectivity index (χ1n) is 5.35. The van der Waals surface area contributed by atoms with Crippen LogP contribution in [0.1, 0.15) is 29.5 Å². The normalized spacial score (nSPS) is 14.5. The number of hydrogen-bond donors (Lipinski definition) is 2. The van der Waals surface area contributed by atoms with Gasteiger partial charge >= 0.3 is 5.97 Å². The molecule has 0 radical (unpaired) electrons. The lowest BCUT2D eigenvalue weighted by atomic mass is 10.2. The molecule has 1 aromatic rings. The number of hydrogen-bond acceptors (Lipinski definition) is 4. The van der Waals surface area contributed by atoms with Crippen LogP contribution >= 0.6 is 0 Å². The van der Waals surface area contributed by atoms with Crippen LogP contribution in [0.3, 0.4) is 0 Å². The maximum absolute atomic E-state index is 11.1. The Hall–Kier alpha value is -1.14. The molecule has 2 N–H and O–H groups in total. The van der Waals surface area contributed by atoms with Crippen molar-refractivity contribution in [2.24, 2.45) is 0 Å². The fraction of sp³-hybridized carbons (Fsp3) is 0.545. The highest BCUT2D eigenvalue weighted by molar-refractivity contribution is 7.84. The summed E-state index contributed by atoms with van der Waals surface area (Å²) in [6.07, 6.45) is 3.84. The number of nitrogens with one attached hydrogen (secondary N) is 1. The second kappa shape index (κ2) is 6.56. The van der Waals surface area contributed by atoms with Crippen molar-refractivity contribution in [3.05, 3.63) is 23.7 Å². The Morgan fingerprint density at radius 3 is 2.94 bits per heavy atom. The van der Waals surface area contributed by atoms with Crippen molar-refractivity contribution in [3.63, 3.8) is 0 Å². The summed E-state index contributed by atoms with van der Waals surface area (Å²) >= 11 is 0. The van der Waals surface area contributed by atoms with Crippen LogP contribution < -0.4 is 5.32 Å². The van der Waals surface area contributed by atoms with E-state index in [0.29, 0.717) is 18.7 Å². The Balaban J connectivity index is 2.34. The molecule has 0 aliphatic heterocycles. The average Bonchev–Trinajstić information content (AvgIpc) is 2.72. The van der Waals surface area contributed by atoms with Crippen LogP contribution in [0, 0.1) is 0 Å². The highest BCUT2D eigenvalue weighted by Crippen LogP contribution is 2.10. The SMILES string of the molecule is CC(CCNCc1ccoc1C(=O)O)S(C)=O. The molecule has 0 amide bonds. The Kier molecular flexibility index (Phi) is 5.37. The maximum atomic E-state index is 11.1. The first kappa shape index (κ1) is 13.9. The van der Waals surface area contributed by atoms with Crippen molar-refractivity contribution < 1.29 is 18.5 Å². The van der Waals surface area contributed by atoms with Gasteiger partial charge in [0, 0.05) is 34.4 Å². The minimum Gasteiger partial charge on any atom is -0.475 e. The van der Waals surface area contributed by atoms with E-state index in [1.165, 1.54) is 6.26 Å². The molecule has 2 unspecified atom stereocenters. The fourth-order valence-electron chi connectivity index (χ4n) is 1.36. The summed E-state index contributed by atoms with van der Waals surface area (Å²) in [5.74, 6) is -1.08. The molecule has 2 atom stereocenters. The van der Waals surface area contributed by atoms with E-state index in [-0.39, 0.29) is 11.0 Å². The molecule has 0 aromatic carbocycles. The van der Waals surface area contributed by atoms with Gasteiger partial charge < -0.3 is 14.8 Å². The van der Waals surface area contributed by atoms with Gasteiger partial charge in [-0.25, -0.2) is 4.79 Å². The highest BCUT2D eigenvalue weighted by Gasteiger charge is 2.13. The number of carbonyl (C=O) groups is 1. The minimum absolute atomic E-state index is 0.0235. The van der Waals surface area contributed by atoms with Crippen LogP contribution in [0.25, 0.3) is 0 Å². The van der Waals surface area contributed by atoms with Crippen molar-refractivity contribution in [1.82, 2.24) is 5.32 Å². The first-order valence-corrected chi connectivity index (χ1v) is 6.97. The van der Waals surface area contributed by atoms with Crippen molar-refractivity contribution in [3.8, 4) is 0 Å². The maximum Gasteiger partial charge on any atom is 0.372 e. The summed E-state index contributed by atoms with van der Waals surface area (Å²) in [6, 6.07) is 1.64. The van der Waals surface area contributed by atoms with Gasteiger partial charge in [-0.05, 0) is 19.0 Å². The Morgan fingerprint density at radius 2 is 2.35 bits per heavy atom. The molecule has 0 aliphatic carbocycles. The molecule has 0 fully saturated rings. The second-order valence-corrected chi connectivity index (χ2v) is 5.66. The lowest BCUT2D eigenvalue weighted by Gasteiger charge is -2.08. The average molecular weight is 259 g/mol. The minimum atomic E-state index is -1.06. The zero-order valence-electron chi connectivity index (χ0n) is 9.93. The molecule has 1 heterocycles. The van der Waals surface area contributed by atoms with Gasteiger partial charge in [-0.2, -0.15) is 0 Å². The lowest BCUT2D eigenvalue weighted by Crippen LogP contribution is -2.21. The van der Waals surface area contributed by atoms with Crippen molar-refractivity contribution in [2.45, 2.75) is 25.1 Å². The van der Waals surface area contributed by atoms with Crippen LogP contribution in [0.2, 0.25) is 0 Å². The smallest absolute Gasteiger partial charge is 0.372 e. The topological polar surface area (TPSA) is 79.5 Å². The van der Waals surface area contributed by atoms with Gasteiger partial charge in [-0.1, -0.05) is 6.92 Å². The zero-order valence-corrected chi connectivity index (χ0v) is 10.8. The number of rotatable bonds is 7. The molecule has 0 saturated heterocycles. The van der Waals surface area contributed by atoms with E-state index in [2.05, 4.69) is 5.32 Å². The van der Waals surface area contributed by atoms with E-state index >= 15 is 0 Å². The van der Waals surface area contributed by atoms with E-state index in [4.69, 9.17) is 9.52 Å². The number of aromatic carboxylic acids is 1. The van der Waals surface area contributed by atoms with Crippen LogP contribution in [-0.2, 0) is 17.3 Å². The third-order valence-electron chi connectivity index (χ3n) is 2.55. The fourth-order valence-corrected chi connectivity index (χ4v) is 1.81. The molecular weight excluding hydrogens is 242 g/mol. The lowest BCUT2D eigenvalue weighted by molar-refractivity contribution is 0.0660. The standard InChI is InChI=1S/C11H17NO4S/c1-8(17(2)15)3-5-12-7-9-4-6-16-10(9)11(13)14/h4,6,8,12H,3,5,7H2,1-2H3,(H,13,14). The summed E-state index contributed by atoms with van der Waals surface area (Å²) in [7, 11) is -0.815. The predicted octanol–water partition coefficient (Wildman–Crippen LogP) is 1.22. The molecule has 0 aliphatic rings. The van der Waals surface area contributed by atoms with E-state index in [0.717, 1.165) is 6.42 Å². The van der Waals surface area contributed by atoms with Gasteiger partial charge in [0.05, 0.1) is 6.26 Å². The van der Waals surface area contributed by atoms with E-state index < -0.39 is 16.8 Å². The Morgan fingerprint density at radius 1 is 1.65 bits per heavy atom. The van der Waals surface area contributed by atoms with Gasteiger partial charge in [0.25, 0.3) is 0 Å².